The standard InChI is InChI=1S/C52H40N2OS/c56-50-32-31-46-45-18-5-8-22-49(45)55-52(46)51(50)35-23-25-37(26-24-35)53(40-14-9-13-36(33-40)42-19-10-12-34-11-1-2-15-41(34)42)38-27-29-39(30-28-38)54-47-20-6-3-16-43(47)44-17-4-7-21-48(44)54/h2-6,8-10,12,14-20,22-33,36,56H,1,7,11,13,21H2. The average Bonchev–Trinajstić information content (AvgIpc) is 3.80. The van der Waals surface area contributed by atoms with Gasteiger partial charge < -0.3 is 13.9 Å². The third-order valence-electron chi connectivity index (χ3n) is 12.0. The van der Waals surface area contributed by atoms with Crippen LogP contribution in [0.4, 0.5) is 11.4 Å². The molecule has 2 heterocycles. The van der Waals surface area contributed by atoms with Gasteiger partial charge in [-0.25, -0.2) is 0 Å². The van der Waals surface area contributed by atoms with E-state index < -0.39 is 0 Å². The number of hydrogen-bond donors (Lipinski definition) is 1. The Morgan fingerprint density at radius 2 is 1.38 bits per heavy atom. The molecule has 1 unspecified atom stereocenters. The Labute approximate surface area is 332 Å². The van der Waals surface area contributed by atoms with E-state index >= 15 is 0 Å². The fourth-order valence-corrected chi connectivity index (χ4v) is 9.65. The van der Waals surface area contributed by atoms with Gasteiger partial charge in [-0.1, -0.05) is 103 Å². The lowest BCUT2D eigenvalue weighted by Crippen LogP contribution is -2.18. The van der Waals surface area contributed by atoms with Gasteiger partial charge >= 0.3 is 0 Å². The van der Waals surface area contributed by atoms with Gasteiger partial charge in [0, 0.05) is 66.6 Å². The van der Waals surface area contributed by atoms with E-state index in [1.54, 1.807) is 0 Å². The molecular weight excluding hydrogens is 701 g/mol. The summed E-state index contributed by atoms with van der Waals surface area (Å²) < 4.78 is 8.93. The van der Waals surface area contributed by atoms with Gasteiger partial charge in [-0.05, 0) is 121 Å². The number of para-hydroxylation sites is 2. The smallest absolute Gasteiger partial charge is 0.144 e. The van der Waals surface area contributed by atoms with Crippen LogP contribution in [0.5, 0.6) is 0 Å². The van der Waals surface area contributed by atoms with Crippen LogP contribution in [-0.4, -0.2) is 4.57 Å². The second-order valence-corrected chi connectivity index (χ2v) is 15.7. The first-order valence-corrected chi connectivity index (χ1v) is 20.2. The molecule has 0 fully saturated rings. The van der Waals surface area contributed by atoms with Crippen molar-refractivity contribution in [2.24, 2.45) is 0 Å². The topological polar surface area (TPSA) is 21.3 Å². The van der Waals surface area contributed by atoms with Crippen LogP contribution >= 0.6 is 12.6 Å². The lowest BCUT2D eigenvalue weighted by molar-refractivity contribution is 0.669. The highest BCUT2D eigenvalue weighted by Gasteiger charge is 2.24. The van der Waals surface area contributed by atoms with Crippen LogP contribution in [0.25, 0.3) is 61.8 Å². The van der Waals surface area contributed by atoms with Crippen molar-refractivity contribution >= 4 is 69.0 Å². The Kier molecular flexibility index (Phi) is 7.99. The molecule has 0 saturated heterocycles. The van der Waals surface area contributed by atoms with Crippen LogP contribution in [0, 0.1) is 0 Å². The predicted molar refractivity (Wildman–Crippen MR) is 238 cm³/mol. The molecule has 11 rings (SSSR count). The number of thiol groups is 1. The number of benzene rings is 6. The Hall–Kier alpha value is -6.23. The summed E-state index contributed by atoms with van der Waals surface area (Å²) in [7, 11) is 0. The van der Waals surface area contributed by atoms with Crippen molar-refractivity contribution in [2.45, 2.75) is 42.9 Å². The van der Waals surface area contributed by atoms with Crippen molar-refractivity contribution in [1.29, 1.82) is 0 Å². The Morgan fingerprint density at radius 3 is 2.23 bits per heavy atom. The van der Waals surface area contributed by atoms with Crippen molar-refractivity contribution in [3.05, 3.63) is 191 Å². The first-order valence-electron chi connectivity index (χ1n) is 19.8. The molecule has 0 radical (unpaired) electrons. The van der Waals surface area contributed by atoms with Crippen molar-refractivity contribution in [3.8, 4) is 16.8 Å². The quantitative estimate of drug-likeness (QED) is 0.171. The fourth-order valence-electron chi connectivity index (χ4n) is 9.35. The highest BCUT2D eigenvalue weighted by molar-refractivity contribution is 7.80. The number of furan rings is 1. The van der Waals surface area contributed by atoms with Crippen LogP contribution in [0.1, 0.15) is 53.1 Å². The maximum atomic E-state index is 6.47. The first-order chi connectivity index (χ1) is 27.7. The molecule has 0 spiro atoms. The molecule has 0 N–H and O–H groups in total. The minimum atomic E-state index is 0.275. The van der Waals surface area contributed by atoms with Gasteiger partial charge in [-0.15, -0.1) is 12.6 Å². The number of nitrogens with zero attached hydrogens (tertiary/aromatic N) is 2. The zero-order valence-corrected chi connectivity index (χ0v) is 31.9. The molecule has 8 aromatic rings. The molecule has 0 bridgehead atoms. The molecule has 56 heavy (non-hydrogen) atoms. The summed E-state index contributed by atoms with van der Waals surface area (Å²) >= 11 is 4.94. The minimum absolute atomic E-state index is 0.275. The van der Waals surface area contributed by atoms with Crippen molar-refractivity contribution in [3.63, 3.8) is 0 Å². The predicted octanol–water partition coefficient (Wildman–Crippen LogP) is 14.2. The van der Waals surface area contributed by atoms with Crippen molar-refractivity contribution in [2.75, 3.05) is 4.90 Å². The van der Waals surface area contributed by atoms with Crippen LogP contribution in [0.15, 0.2) is 173 Å². The number of hydrogen-bond acceptors (Lipinski definition) is 3. The summed E-state index contributed by atoms with van der Waals surface area (Å²) in [4.78, 5) is 3.31. The summed E-state index contributed by atoms with van der Waals surface area (Å²) in [5.74, 6) is 0.275. The number of rotatable bonds is 6. The summed E-state index contributed by atoms with van der Waals surface area (Å²) in [6, 6.07) is 46.2. The summed E-state index contributed by atoms with van der Waals surface area (Å²) in [5, 5.41) is 3.54. The van der Waals surface area contributed by atoms with E-state index in [4.69, 9.17) is 17.0 Å². The van der Waals surface area contributed by atoms with Gasteiger partial charge in [0.15, 0.2) is 0 Å². The molecule has 0 saturated carbocycles. The fraction of sp³-hybridized carbons (Fsp3) is 0.115. The van der Waals surface area contributed by atoms with E-state index in [9.17, 15) is 0 Å². The van der Waals surface area contributed by atoms with Gasteiger partial charge in [0.1, 0.15) is 11.2 Å². The first kappa shape index (κ1) is 33.1. The molecule has 3 aliphatic carbocycles. The Balaban J connectivity index is 1.03. The molecule has 0 aliphatic heterocycles. The second-order valence-electron chi connectivity index (χ2n) is 15.2. The van der Waals surface area contributed by atoms with E-state index in [0.717, 1.165) is 81.4 Å². The molecule has 1 atom stereocenters. The lowest BCUT2D eigenvalue weighted by Gasteiger charge is -2.30. The SMILES string of the molecule is Sc1ccc2c(oc3ccccc32)c1-c1ccc(N(C2=CC(c3cccc4c3C=CCC4)CC=C2)c2ccc(-n3c4c(c5ccccc53)C=CCC4)cc2)cc1. The third kappa shape index (κ3) is 5.43. The highest BCUT2D eigenvalue weighted by atomic mass is 32.1. The van der Waals surface area contributed by atoms with Crippen LogP contribution in [0.2, 0.25) is 0 Å². The number of fused-ring (bicyclic) bond motifs is 7. The van der Waals surface area contributed by atoms with Gasteiger partial charge in [-0.3, -0.25) is 0 Å². The molecular formula is C52H40N2OS. The zero-order chi connectivity index (χ0) is 37.2. The number of aryl methyl sites for hydroxylation is 1. The van der Waals surface area contributed by atoms with Crippen LogP contribution in [-0.2, 0) is 12.8 Å². The zero-order valence-electron chi connectivity index (χ0n) is 31.0. The average molecular weight is 741 g/mol. The molecule has 2 aromatic heterocycles. The maximum absolute atomic E-state index is 6.47. The van der Waals surface area contributed by atoms with E-state index in [1.807, 2.05) is 12.1 Å². The normalized spacial score (nSPS) is 16.0. The van der Waals surface area contributed by atoms with E-state index in [2.05, 4.69) is 167 Å². The van der Waals surface area contributed by atoms with Gasteiger partial charge in [0.2, 0.25) is 0 Å². The van der Waals surface area contributed by atoms with Crippen molar-refractivity contribution < 1.29 is 4.42 Å². The second kappa shape index (κ2) is 13.5. The number of aromatic nitrogens is 1. The highest BCUT2D eigenvalue weighted by Crippen LogP contribution is 2.43. The van der Waals surface area contributed by atoms with E-state index in [1.165, 1.54) is 50.2 Å². The summed E-state index contributed by atoms with van der Waals surface area (Å²) in [6.45, 7) is 0. The number of anilines is 2. The Bertz CT molecular complexity index is 2950. The minimum Gasteiger partial charge on any atom is -0.455 e. The van der Waals surface area contributed by atoms with E-state index in [0.29, 0.717) is 0 Å². The lowest BCUT2D eigenvalue weighted by atomic mass is 9.83. The summed E-state index contributed by atoms with van der Waals surface area (Å²) in [6.07, 6.45) is 21.7. The van der Waals surface area contributed by atoms with Gasteiger partial charge in [-0.2, -0.15) is 0 Å². The Morgan fingerprint density at radius 1 is 0.625 bits per heavy atom. The van der Waals surface area contributed by atoms with Crippen LogP contribution < -0.4 is 4.90 Å². The summed E-state index contributed by atoms with van der Waals surface area (Å²) in [5.41, 5.74) is 16.7. The third-order valence-corrected chi connectivity index (χ3v) is 12.3. The van der Waals surface area contributed by atoms with E-state index in [-0.39, 0.29) is 5.92 Å². The van der Waals surface area contributed by atoms with Gasteiger partial charge in [0.05, 0.1) is 5.52 Å². The van der Waals surface area contributed by atoms with Crippen molar-refractivity contribution in [1.82, 2.24) is 4.57 Å². The molecule has 0 amide bonds. The number of allylic oxidation sites excluding steroid dienone is 5. The van der Waals surface area contributed by atoms with Crippen LogP contribution in [0.3, 0.4) is 0 Å². The molecule has 3 aliphatic rings. The molecule has 270 valence electrons. The monoisotopic (exact) mass is 740 g/mol. The molecule has 4 heteroatoms. The molecule has 6 aromatic carbocycles. The largest absolute Gasteiger partial charge is 0.455 e. The maximum Gasteiger partial charge on any atom is 0.144 e. The van der Waals surface area contributed by atoms with Gasteiger partial charge in [0.25, 0.3) is 0 Å². The molecule has 3 nitrogen and oxygen atoms in total.